The van der Waals surface area contributed by atoms with Crippen LogP contribution < -0.4 is 5.48 Å². The zero-order valence-electron chi connectivity index (χ0n) is 15.9. The molecule has 0 saturated heterocycles. The first-order chi connectivity index (χ1) is 12.2. The molecule has 3 fully saturated rings. The second kappa shape index (κ2) is 5.90. The topological polar surface area (TPSA) is 86.6 Å². The van der Waals surface area contributed by atoms with E-state index in [9.17, 15) is 14.7 Å². The van der Waals surface area contributed by atoms with Gasteiger partial charge in [-0.2, -0.15) is 0 Å². The lowest BCUT2D eigenvalue weighted by Crippen LogP contribution is -2.55. The van der Waals surface area contributed by atoms with E-state index >= 15 is 0 Å². The molecule has 0 bridgehead atoms. The van der Waals surface area contributed by atoms with Crippen LogP contribution >= 0.6 is 0 Å². The van der Waals surface area contributed by atoms with E-state index in [0.717, 1.165) is 38.5 Å². The number of amides is 1. The number of ketones is 1. The molecule has 0 spiro atoms. The monoisotopic (exact) mass is 361 g/mol. The van der Waals surface area contributed by atoms with Crippen LogP contribution in [0.5, 0.6) is 0 Å². The SMILES string of the molecule is C[C@]12CCC(=O)C=C1CC[C@@H]1[C@@H]2CC[C@@]2(C)[C@H]1CC[C@]2(O)CC(=O)NO. The molecule has 5 heteroatoms. The third-order valence-electron chi connectivity index (χ3n) is 8.86. The van der Waals surface area contributed by atoms with Gasteiger partial charge >= 0.3 is 0 Å². The van der Waals surface area contributed by atoms with Crippen molar-refractivity contribution in [3.8, 4) is 0 Å². The highest BCUT2D eigenvalue weighted by Crippen LogP contribution is 2.67. The van der Waals surface area contributed by atoms with Gasteiger partial charge in [-0.05, 0) is 79.6 Å². The van der Waals surface area contributed by atoms with Gasteiger partial charge in [0.1, 0.15) is 0 Å². The molecule has 0 aliphatic heterocycles. The van der Waals surface area contributed by atoms with Crippen LogP contribution in [0.1, 0.15) is 71.6 Å². The van der Waals surface area contributed by atoms with E-state index in [-0.39, 0.29) is 23.0 Å². The molecular weight excluding hydrogens is 330 g/mol. The van der Waals surface area contributed by atoms with E-state index in [0.29, 0.717) is 30.6 Å². The Morgan fingerprint density at radius 1 is 1.15 bits per heavy atom. The number of carbonyl (C=O) groups is 2. The first-order valence-electron chi connectivity index (χ1n) is 10.1. The van der Waals surface area contributed by atoms with Gasteiger partial charge in [-0.1, -0.05) is 19.4 Å². The molecule has 0 unspecified atom stereocenters. The van der Waals surface area contributed by atoms with Crippen molar-refractivity contribution < 1.29 is 19.9 Å². The molecule has 0 radical (unpaired) electrons. The van der Waals surface area contributed by atoms with Gasteiger partial charge in [0.05, 0.1) is 12.0 Å². The largest absolute Gasteiger partial charge is 0.389 e. The van der Waals surface area contributed by atoms with Crippen molar-refractivity contribution in [2.24, 2.45) is 28.6 Å². The lowest BCUT2D eigenvalue weighted by atomic mass is 9.46. The van der Waals surface area contributed by atoms with Crippen LogP contribution in [0.3, 0.4) is 0 Å². The minimum absolute atomic E-state index is 0.0230. The molecule has 26 heavy (non-hydrogen) atoms. The first-order valence-corrected chi connectivity index (χ1v) is 10.1. The van der Waals surface area contributed by atoms with Gasteiger partial charge in [-0.15, -0.1) is 0 Å². The summed E-state index contributed by atoms with van der Waals surface area (Å²) in [7, 11) is 0. The molecular formula is C21H31NO4. The van der Waals surface area contributed by atoms with Crippen LogP contribution in [0.15, 0.2) is 11.6 Å². The molecule has 144 valence electrons. The Labute approximate surface area is 155 Å². The Balaban J connectivity index is 1.63. The maximum atomic E-state index is 11.9. The summed E-state index contributed by atoms with van der Waals surface area (Å²) in [4.78, 5) is 23.7. The van der Waals surface area contributed by atoms with E-state index in [2.05, 4.69) is 13.8 Å². The molecule has 0 heterocycles. The maximum absolute atomic E-state index is 11.9. The highest BCUT2D eigenvalue weighted by atomic mass is 16.5. The van der Waals surface area contributed by atoms with Crippen LogP contribution in [0, 0.1) is 28.6 Å². The minimum atomic E-state index is -1.03. The van der Waals surface area contributed by atoms with E-state index in [1.54, 1.807) is 5.48 Å². The number of carbonyl (C=O) groups excluding carboxylic acids is 2. The van der Waals surface area contributed by atoms with Crippen molar-refractivity contribution in [3.05, 3.63) is 11.6 Å². The van der Waals surface area contributed by atoms with Crippen LogP contribution in [0.25, 0.3) is 0 Å². The highest BCUT2D eigenvalue weighted by Gasteiger charge is 2.64. The Hall–Kier alpha value is -1.20. The molecule has 0 aromatic carbocycles. The van der Waals surface area contributed by atoms with Crippen molar-refractivity contribution in [3.63, 3.8) is 0 Å². The summed E-state index contributed by atoms with van der Waals surface area (Å²) in [6.07, 6.45) is 9.12. The average molecular weight is 361 g/mol. The third-order valence-corrected chi connectivity index (χ3v) is 8.86. The standard InChI is InChI=1S/C21H31NO4/c1-19-8-5-14(23)11-13(19)3-4-15-16(19)6-9-20(2)17(15)7-10-21(20,25)12-18(24)22-26/h11,15-17,25-26H,3-10,12H2,1-2H3,(H,22,24)/t15-,16+,17+,19+,20+,21+/m1/s1. The second-order valence-electron chi connectivity index (χ2n) is 9.71. The predicted octanol–water partition coefficient (Wildman–Crippen LogP) is 3.14. The maximum Gasteiger partial charge on any atom is 0.246 e. The zero-order valence-corrected chi connectivity index (χ0v) is 15.9. The number of fused-ring (bicyclic) bond motifs is 5. The lowest BCUT2D eigenvalue weighted by Gasteiger charge is -2.59. The van der Waals surface area contributed by atoms with E-state index in [1.807, 2.05) is 6.08 Å². The number of hydrogen-bond acceptors (Lipinski definition) is 4. The number of allylic oxidation sites excluding steroid dienone is 1. The van der Waals surface area contributed by atoms with Crippen molar-refractivity contribution in [2.75, 3.05) is 0 Å². The predicted molar refractivity (Wildman–Crippen MR) is 96.2 cm³/mol. The molecule has 3 N–H and O–H groups in total. The summed E-state index contributed by atoms with van der Waals surface area (Å²) < 4.78 is 0. The van der Waals surface area contributed by atoms with E-state index in [1.165, 1.54) is 5.57 Å². The molecule has 3 saturated carbocycles. The number of hydrogen-bond donors (Lipinski definition) is 3. The molecule has 4 aliphatic rings. The fraction of sp³-hybridized carbons (Fsp3) is 0.810. The molecule has 0 aromatic rings. The number of hydroxylamine groups is 1. The molecule has 0 aromatic heterocycles. The smallest absolute Gasteiger partial charge is 0.246 e. The summed E-state index contributed by atoms with van der Waals surface area (Å²) in [5.41, 5.74) is 1.87. The van der Waals surface area contributed by atoms with Gasteiger partial charge in [0.25, 0.3) is 0 Å². The number of aliphatic hydroxyl groups is 1. The van der Waals surface area contributed by atoms with Crippen LogP contribution in [-0.4, -0.2) is 27.6 Å². The second-order valence-corrected chi connectivity index (χ2v) is 9.71. The summed E-state index contributed by atoms with van der Waals surface area (Å²) in [6.45, 7) is 4.51. The molecule has 5 nitrogen and oxygen atoms in total. The van der Waals surface area contributed by atoms with Crippen LogP contribution in [0.4, 0.5) is 0 Å². The quantitative estimate of drug-likeness (QED) is 0.521. The Morgan fingerprint density at radius 2 is 1.88 bits per heavy atom. The average Bonchev–Trinajstić information content (AvgIpc) is 2.86. The Bertz CT molecular complexity index is 673. The Morgan fingerprint density at radius 3 is 2.62 bits per heavy atom. The van der Waals surface area contributed by atoms with E-state index in [4.69, 9.17) is 5.21 Å². The first kappa shape index (κ1) is 18.2. The molecule has 6 atom stereocenters. The van der Waals surface area contributed by atoms with Crippen molar-refractivity contribution in [1.82, 2.24) is 5.48 Å². The Kier molecular flexibility index (Phi) is 4.12. The number of nitrogens with one attached hydrogen (secondary N) is 1. The van der Waals surface area contributed by atoms with Crippen molar-refractivity contribution >= 4 is 11.7 Å². The van der Waals surface area contributed by atoms with Crippen LogP contribution in [-0.2, 0) is 9.59 Å². The van der Waals surface area contributed by atoms with E-state index < -0.39 is 11.5 Å². The van der Waals surface area contributed by atoms with Crippen LogP contribution in [0.2, 0.25) is 0 Å². The molecule has 1 amide bonds. The summed E-state index contributed by atoms with van der Waals surface area (Å²) in [5.74, 6) is 1.32. The summed E-state index contributed by atoms with van der Waals surface area (Å²) in [6, 6.07) is 0. The third kappa shape index (κ3) is 2.36. The molecule has 4 rings (SSSR count). The van der Waals surface area contributed by atoms with Gasteiger partial charge in [0.15, 0.2) is 5.78 Å². The zero-order chi connectivity index (χ0) is 18.7. The van der Waals surface area contributed by atoms with Crippen molar-refractivity contribution in [1.29, 1.82) is 0 Å². The summed E-state index contributed by atoms with van der Waals surface area (Å²) in [5, 5.41) is 20.3. The van der Waals surface area contributed by atoms with Gasteiger partial charge in [0, 0.05) is 6.42 Å². The molecule has 4 aliphatic carbocycles. The summed E-state index contributed by atoms with van der Waals surface area (Å²) >= 11 is 0. The minimum Gasteiger partial charge on any atom is -0.389 e. The van der Waals surface area contributed by atoms with Gasteiger partial charge < -0.3 is 5.11 Å². The van der Waals surface area contributed by atoms with Gasteiger partial charge in [-0.3, -0.25) is 14.8 Å². The number of rotatable bonds is 2. The van der Waals surface area contributed by atoms with Crippen molar-refractivity contribution in [2.45, 2.75) is 77.2 Å². The fourth-order valence-electron chi connectivity index (χ4n) is 7.27. The van der Waals surface area contributed by atoms with Gasteiger partial charge in [0.2, 0.25) is 5.91 Å². The highest BCUT2D eigenvalue weighted by molar-refractivity contribution is 5.91. The normalized spacial score (nSPS) is 47.5. The lowest BCUT2D eigenvalue weighted by molar-refractivity contribution is -0.152. The fourth-order valence-corrected chi connectivity index (χ4v) is 7.27. The van der Waals surface area contributed by atoms with Gasteiger partial charge in [-0.25, -0.2) is 5.48 Å².